The van der Waals surface area contributed by atoms with Crippen molar-refractivity contribution in [3.8, 4) is 5.75 Å². The van der Waals surface area contributed by atoms with Crippen LogP contribution in [0.1, 0.15) is 71.0 Å². The van der Waals surface area contributed by atoms with E-state index in [1.165, 1.54) is 6.07 Å². The summed E-state index contributed by atoms with van der Waals surface area (Å²) < 4.78 is 34.6. The number of halogens is 2. The number of para-hydroxylation sites is 1. The molecule has 0 saturated carbocycles. The maximum atomic E-state index is 14.3. The molecule has 1 fully saturated rings. The molecule has 2 amide bonds. The summed E-state index contributed by atoms with van der Waals surface area (Å²) >= 11 is 0. The van der Waals surface area contributed by atoms with E-state index in [0.29, 0.717) is 42.9 Å². The first kappa shape index (κ1) is 31.1. The average Bonchev–Trinajstić information content (AvgIpc) is 3.43. The number of nitrogens with zero attached hydrogens (tertiary/aromatic N) is 1. The molecule has 3 N–H and O–H groups in total. The van der Waals surface area contributed by atoms with Crippen LogP contribution in [0.5, 0.6) is 5.75 Å². The van der Waals surface area contributed by atoms with Crippen molar-refractivity contribution in [2.45, 2.75) is 64.3 Å². The van der Waals surface area contributed by atoms with Crippen LogP contribution in [0.2, 0.25) is 0 Å². The van der Waals surface area contributed by atoms with E-state index in [2.05, 4.69) is 10.6 Å². The number of hydrogen-bond acceptors (Lipinski definition) is 5. The van der Waals surface area contributed by atoms with E-state index in [1.54, 1.807) is 24.0 Å². The highest BCUT2D eigenvalue weighted by Gasteiger charge is 2.37. The highest BCUT2D eigenvalue weighted by Crippen LogP contribution is 2.27. The molecule has 1 heterocycles. The first-order valence-corrected chi connectivity index (χ1v) is 14.5. The molecule has 0 aromatic heterocycles. The van der Waals surface area contributed by atoms with Crippen molar-refractivity contribution >= 4 is 11.8 Å². The van der Waals surface area contributed by atoms with Crippen LogP contribution in [0.15, 0.2) is 66.7 Å². The normalized spacial score (nSPS) is 17.9. The predicted molar refractivity (Wildman–Crippen MR) is 158 cm³/mol. The van der Waals surface area contributed by atoms with Crippen molar-refractivity contribution in [2.24, 2.45) is 0 Å². The lowest BCUT2D eigenvalue weighted by molar-refractivity contribution is 0.0716. The van der Waals surface area contributed by atoms with Crippen molar-refractivity contribution in [3.63, 3.8) is 0 Å². The van der Waals surface area contributed by atoms with Gasteiger partial charge < -0.3 is 25.4 Å². The third-order valence-corrected chi connectivity index (χ3v) is 7.32. The minimum absolute atomic E-state index is 0.0867. The Kier molecular flexibility index (Phi) is 10.7. The van der Waals surface area contributed by atoms with Gasteiger partial charge in [-0.2, -0.15) is 0 Å². The molecule has 1 saturated heterocycles. The molecule has 4 rings (SSSR count). The Hall–Kier alpha value is -3.82. The van der Waals surface area contributed by atoms with Gasteiger partial charge in [-0.1, -0.05) is 32.0 Å². The monoisotopic (exact) mass is 579 g/mol. The zero-order chi connectivity index (χ0) is 30.2. The smallest absolute Gasteiger partial charge is 0.253 e. The Morgan fingerprint density at radius 2 is 1.64 bits per heavy atom. The van der Waals surface area contributed by atoms with E-state index in [-0.39, 0.29) is 23.1 Å². The third kappa shape index (κ3) is 7.92. The second-order valence-electron chi connectivity index (χ2n) is 10.8. The molecule has 0 unspecified atom stereocenters. The Morgan fingerprint density at radius 1 is 1.00 bits per heavy atom. The van der Waals surface area contributed by atoms with Crippen LogP contribution in [0.25, 0.3) is 0 Å². The van der Waals surface area contributed by atoms with Gasteiger partial charge in [0.1, 0.15) is 23.5 Å². The molecule has 1 aliphatic rings. The zero-order valence-corrected chi connectivity index (χ0v) is 24.3. The minimum atomic E-state index is -1.24. The topological polar surface area (TPSA) is 90.9 Å². The van der Waals surface area contributed by atoms with Crippen molar-refractivity contribution < 1.29 is 28.2 Å². The highest BCUT2D eigenvalue weighted by molar-refractivity contribution is 6.00. The van der Waals surface area contributed by atoms with Crippen LogP contribution in [-0.4, -0.2) is 59.7 Å². The maximum absolute atomic E-state index is 14.3. The minimum Gasteiger partial charge on any atom is -0.489 e. The van der Waals surface area contributed by atoms with Crippen LogP contribution in [0.4, 0.5) is 8.78 Å². The van der Waals surface area contributed by atoms with Gasteiger partial charge in [0, 0.05) is 49.3 Å². The molecule has 9 heteroatoms. The number of aryl methyl sites for hydroxylation is 1. The first-order valence-electron chi connectivity index (χ1n) is 14.5. The summed E-state index contributed by atoms with van der Waals surface area (Å²) in [5.41, 5.74) is 1.40. The molecule has 0 spiro atoms. The summed E-state index contributed by atoms with van der Waals surface area (Å²) in [5.74, 6) is -1.69. The fourth-order valence-electron chi connectivity index (χ4n) is 5.43. The van der Waals surface area contributed by atoms with E-state index in [9.17, 15) is 23.5 Å². The molecule has 1 aliphatic heterocycles. The second kappa shape index (κ2) is 14.4. The van der Waals surface area contributed by atoms with Gasteiger partial charge in [0.15, 0.2) is 0 Å². The Bertz CT molecular complexity index is 1340. The van der Waals surface area contributed by atoms with Gasteiger partial charge in [-0.05, 0) is 73.4 Å². The van der Waals surface area contributed by atoms with E-state index >= 15 is 0 Å². The van der Waals surface area contributed by atoms with E-state index < -0.39 is 35.7 Å². The third-order valence-electron chi connectivity index (χ3n) is 7.32. The quantitative estimate of drug-likeness (QED) is 0.275. The van der Waals surface area contributed by atoms with Gasteiger partial charge in [-0.3, -0.25) is 9.59 Å². The van der Waals surface area contributed by atoms with Crippen LogP contribution >= 0.6 is 0 Å². The summed E-state index contributed by atoms with van der Waals surface area (Å²) in [6.07, 6.45) is 0.540. The lowest BCUT2D eigenvalue weighted by Gasteiger charge is -2.29. The van der Waals surface area contributed by atoms with E-state index in [1.807, 2.05) is 44.2 Å². The second-order valence-corrected chi connectivity index (χ2v) is 10.8. The van der Waals surface area contributed by atoms with Crippen LogP contribution in [-0.2, 0) is 0 Å². The molecule has 0 radical (unpaired) electrons. The summed E-state index contributed by atoms with van der Waals surface area (Å²) in [4.78, 5) is 28.6. The van der Waals surface area contributed by atoms with Crippen molar-refractivity contribution in [1.82, 2.24) is 15.5 Å². The van der Waals surface area contributed by atoms with Gasteiger partial charge in [0.2, 0.25) is 0 Å². The summed E-state index contributed by atoms with van der Waals surface area (Å²) in [7, 11) is 0. The van der Waals surface area contributed by atoms with Crippen molar-refractivity contribution in [2.75, 3.05) is 19.6 Å². The Labute approximate surface area is 245 Å². The number of carbonyl (C=O) groups is 2. The number of benzene rings is 3. The molecule has 3 aromatic carbocycles. The largest absolute Gasteiger partial charge is 0.489 e. The number of nitrogens with one attached hydrogen (secondary N) is 2. The molecule has 0 bridgehead atoms. The molecular formula is C33H39F2N3O4. The van der Waals surface area contributed by atoms with Crippen LogP contribution in [0.3, 0.4) is 0 Å². The summed E-state index contributed by atoms with van der Waals surface area (Å²) in [5, 5.41) is 17.5. The molecular weight excluding hydrogens is 540 g/mol. The standard InChI is InChI=1S/C33H39F2N3O4/c1-4-11-38(12-5-2)33(41)24-14-21(3)13-23(15-24)32(40)37-30(22-16-25(34)18-26(35)17-22)31(39)29-19-28(20-36-29)42-27-9-7-6-8-10-27/h6-10,13-18,28-31,36,39H,4-5,11-12,19-20H2,1-3H3,(H,37,40)/t28-,29-,30+,31-/m1/s1. The Balaban J connectivity index is 1.57. The summed E-state index contributed by atoms with van der Waals surface area (Å²) in [6, 6.07) is 15.5. The molecule has 7 nitrogen and oxygen atoms in total. The average molecular weight is 580 g/mol. The number of carbonyl (C=O) groups excluding carboxylic acids is 2. The molecule has 0 aliphatic carbocycles. The van der Waals surface area contributed by atoms with Crippen molar-refractivity contribution in [3.05, 3.63) is 101 Å². The number of ether oxygens (including phenoxy) is 1. The molecule has 3 aromatic rings. The SMILES string of the molecule is CCCN(CCC)C(=O)c1cc(C)cc(C(=O)N[C@@H](c2cc(F)cc(F)c2)[C@H](O)[C@H]2C[C@@H](Oc3ccccc3)CN2)c1. The first-order chi connectivity index (χ1) is 20.2. The number of hydrogen-bond donors (Lipinski definition) is 3. The molecule has 224 valence electrons. The van der Waals surface area contributed by atoms with Crippen LogP contribution < -0.4 is 15.4 Å². The number of aliphatic hydroxyl groups excluding tert-OH is 1. The van der Waals surface area contributed by atoms with E-state index in [0.717, 1.165) is 31.0 Å². The number of amides is 2. The van der Waals surface area contributed by atoms with Gasteiger partial charge in [0.05, 0.1) is 12.1 Å². The van der Waals surface area contributed by atoms with Gasteiger partial charge in [-0.15, -0.1) is 0 Å². The number of rotatable bonds is 12. The number of aliphatic hydroxyl groups is 1. The lowest BCUT2D eigenvalue weighted by atomic mass is 9.94. The van der Waals surface area contributed by atoms with Gasteiger partial charge in [0.25, 0.3) is 11.8 Å². The fraction of sp³-hybridized carbons (Fsp3) is 0.394. The maximum Gasteiger partial charge on any atom is 0.253 e. The Morgan fingerprint density at radius 3 is 2.29 bits per heavy atom. The highest BCUT2D eigenvalue weighted by atomic mass is 19.1. The lowest BCUT2D eigenvalue weighted by Crippen LogP contribution is -2.46. The molecule has 42 heavy (non-hydrogen) atoms. The predicted octanol–water partition coefficient (Wildman–Crippen LogP) is 5.18. The zero-order valence-electron chi connectivity index (χ0n) is 24.3. The van der Waals surface area contributed by atoms with Gasteiger partial charge in [-0.25, -0.2) is 8.78 Å². The molecule has 4 atom stereocenters. The van der Waals surface area contributed by atoms with Gasteiger partial charge >= 0.3 is 0 Å². The van der Waals surface area contributed by atoms with E-state index in [4.69, 9.17) is 4.74 Å². The fourth-order valence-corrected chi connectivity index (χ4v) is 5.43. The van der Waals surface area contributed by atoms with Crippen molar-refractivity contribution in [1.29, 1.82) is 0 Å². The summed E-state index contributed by atoms with van der Waals surface area (Å²) in [6.45, 7) is 7.45. The van der Waals surface area contributed by atoms with Crippen LogP contribution in [0, 0.1) is 18.6 Å².